The normalized spacial score (nSPS) is 10.2. The predicted octanol–water partition coefficient (Wildman–Crippen LogP) is 1.50. The van der Waals surface area contributed by atoms with Gasteiger partial charge < -0.3 is 14.8 Å². The number of rotatable bonds is 7. The minimum absolute atomic E-state index is 0.150. The molecule has 1 N–H and O–H groups in total. The number of carbonyl (C=O) groups is 1. The quantitative estimate of drug-likeness (QED) is 0.755. The van der Waals surface area contributed by atoms with Crippen LogP contribution in [0.4, 0.5) is 8.78 Å². The number of methoxy groups -OCH3 is 1. The largest absolute Gasteiger partial charge is 0.481 e. The van der Waals surface area contributed by atoms with Crippen molar-refractivity contribution in [2.45, 2.75) is 6.42 Å². The monoisotopic (exact) mass is 259 g/mol. The van der Waals surface area contributed by atoms with Crippen LogP contribution in [0.15, 0.2) is 18.2 Å². The van der Waals surface area contributed by atoms with E-state index < -0.39 is 11.6 Å². The third-order valence-electron chi connectivity index (χ3n) is 2.10. The lowest BCUT2D eigenvalue weighted by molar-refractivity contribution is -0.123. The van der Waals surface area contributed by atoms with Gasteiger partial charge in [-0.25, -0.2) is 8.78 Å². The van der Waals surface area contributed by atoms with Crippen molar-refractivity contribution in [2.75, 3.05) is 26.9 Å². The fraction of sp³-hybridized carbons (Fsp3) is 0.417. The highest BCUT2D eigenvalue weighted by Gasteiger charge is 2.07. The van der Waals surface area contributed by atoms with Gasteiger partial charge in [0.15, 0.2) is 18.2 Å². The number of benzene rings is 1. The van der Waals surface area contributed by atoms with Crippen molar-refractivity contribution < 1.29 is 23.0 Å². The van der Waals surface area contributed by atoms with Crippen molar-refractivity contribution in [1.82, 2.24) is 5.32 Å². The van der Waals surface area contributed by atoms with Crippen molar-refractivity contribution in [1.29, 1.82) is 0 Å². The molecule has 0 aliphatic carbocycles. The average Bonchev–Trinajstić information content (AvgIpc) is 2.33. The first-order chi connectivity index (χ1) is 8.63. The molecule has 0 atom stereocenters. The molecule has 0 saturated carbocycles. The molecule has 0 spiro atoms. The Morgan fingerprint density at radius 2 is 2.17 bits per heavy atom. The van der Waals surface area contributed by atoms with Gasteiger partial charge in [-0.05, 0) is 18.6 Å². The summed E-state index contributed by atoms with van der Waals surface area (Å²) in [5.41, 5.74) is 0. The third-order valence-corrected chi connectivity index (χ3v) is 2.10. The number of amides is 1. The second-order valence-electron chi connectivity index (χ2n) is 3.56. The lowest BCUT2D eigenvalue weighted by atomic mass is 10.3. The molecule has 4 nitrogen and oxygen atoms in total. The van der Waals surface area contributed by atoms with E-state index in [1.807, 2.05) is 0 Å². The van der Waals surface area contributed by atoms with Crippen molar-refractivity contribution in [2.24, 2.45) is 0 Å². The van der Waals surface area contributed by atoms with Crippen LogP contribution >= 0.6 is 0 Å². The summed E-state index contributed by atoms with van der Waals surface area (Å²) in [6, 6.07) is 2.91. The number of hydrogen-bond donors (Lipinski definition) is 1. The Kier molecular flexibility index (Phi) is 6.07. The summed E-state index contributed by atoms with van der Waals surface area (Å²) >= 11 is 0. The van der Waals surface area contributed by atoms with Gasteiger partial charge in [-0.3, -0.25) is 4.79 Å². The molecule has 0 aromatic heterocycles. The van der Waals surface area contributed by atoms with Gasteiger partial charge in [0.25, 0.3) is 5.91 Å². The van der Waals surface area contributed by atoms with Gasteiger partial charge >= 0.3 is 0 Å². The van der Waals surface area contributed by atoms with Gasteiger partial charge in [0.05, 0.1) is 0 Å². The maximum atomic E-state index is 13.1. The molecule has 0 aliphatic heterocycles. The van der Waals surface area contributed by atoms with Crippen LogP contribution in [0.5, 0.6) is 5.75 Å². The van der Waals surface area contributed by atoms with Gasteiger partial charge in [0.1, 0.15) is 5.82 Å². The first kappa shape index (κ1) is 14.4. The van der Waals surface area contributed by atoms with E-state index in [-0.39, 0.29) is 18.3 Å². The van der Waals surface area contributed by atoms with E-state index >= 15 is 0 Å². The fourth-order valence-corrected chi connectivity index (χ4v) is 1.23. The van der Waals surface area contributed by atoms with Gasteiger partial charge in [-0.2, -0.15) is 0 Å². The molecule has 100 valence electrons. The molecule has 0 aliphatic rings. The predicted molar refractivity (Wildman–Crippen MR) is 61.4 cm³/mol. The zero-order chi connectivity index (χ0) is 13.4. The van der Waals surface area contributed by atoms with E-state index in [1.165, 1.54) is 0 Å². The molecular formula is C12H15F2NO3. The maximum absolute atomic E-state index is 13.1. The van der Waals surface area contributed by atoms with Crippen LogP contribution in [0.25, 0.3) is 0 Å². The molecule has 6 heteroatoms. The summed E-state index contributed by atoms with van der Waals surface area (Å²) in [6.45, 7) is 0.700. The molecule has 0 bridgehead atoms. The average molecular weight is 259 g/mol. The SMILES string of the molecule is COCCCNC(=O)COc1ccc(F)cc1F. The maximum Gasteiger partial charge on any atom is 0.257 e. The van der Waals surface area contributed by atoms with E-state index in [0.717, 1.165) is 12.1 Å². The highest BCUT2D eigenvalue weighted by Crippen LogP contribution is 2.17. The summed E-state index contributed by atoms with van der Waals surface area (Å²) < 4.78 is 35.5. The Hall–Kier alpha value is -1.69. The number of carbonyl (C=O) groups excluding carboxylic acids is 1. The highest BCUT2D eigenvalue weighted by molar-refractivity contribution is 5.77. The summed E-state index contributed by atoms with van der Waals surface area (Å²) in [4.78, 5) is 11.3. The Bertz CT molecular complexity index is 399. The molecule has 0 unspecified atom stereocenters. The third kappa shape index (κ3) is 5.09. The Morgan fingerprint density at radius 3 is 2.83 bits per heavy atom. The van der Waals surface area contributed by atoms with Gasteiger partial charge in [-0.15, -0.1) is 0 Å². The van der Waals surface area contributed by atoms with Crippen LogP contribution < -0.4 is 10.1 Å². The lowest BCUT2D eigenvalue weighted by Gasteiger charge is -2.08. The van der Waals surface area contributed by atoms with Crippen molar-refractivity contribution >= 4 is 5.91 Å². The molecule has 18 heavy (non-hydrogen) atoms. The minimum Gasteiger partial charge on any atom is -0.481 e. The number of nitrogens with one attached hydrogen (secondary N) is 1. The van der Waals surface area contributed by atoms with Crippen molar-refractivity contribution in [3.8, 4) is 5.75 Å². The Morgan fingerprint density at radius 1 is 1.39 bits per heavy atom. The fourth-order valence-electron chi connectivity index (χ4n) is 1.23. The second-order valence-corrected chi connectivity index (χ2v) is 3.56. The molecule has 0 heterocycles. The van der Waals surface area contributed by atoms with Gasteiger partial charge in [0.2, 0.25) is 0 Å². The zero-order valence-electron chi connectivity index (χ0n) is 10.0. The van der Waals surface area contributed by atoms with Crippen molar-refractivity contribution in [3.63, 3.8) is 0 Å². The molecule has 1 rings (SSSR count). The summed E-state index contributed by atoms with van der Waals surface area (Å²) in [6.07, 6.45) is 0.688. The Balaban J connectivity index is 2.29. The van der Waals surface area contributed by atoms with Gasteiger partial charge in [-0.1, -0.05) is 0 Å². The second kappa shape index (κ2) is 7.60. The molecule has 1 amide bonds. The number of halogens is 2. The molecule has 1 aromatic rings. The van der Waals surface area contributed by atoms with Crippen LogP contribution in [0, 0.1) is 11.6 Å². The number of hydrogen-bond acceptors (Lipinski definition) is 3. The summed E-state index contributed by atoms with van der Waals surface area (Å²) in [5, 5.41) is 2.58. The minimum atomic E-state index is -0.831. The zero-order valence-corrected chi connectivity index (χ0v) is 10.0. The first-order valence-corrected chi connectivity index (χ1v) is 5.47. The molecular weight excluding hydrogens is 244 g/mol. The Labute approximate surface area is 104 Å². The summed E-state index contributed by atoms with van der Waals surface area (Å²) in [5.74, 6) is -2.04. The van der Waals surface area contributed by atoms with Gasteiger partial charge in [0, 0.05) is 26.3 Å². The van der Waals surface area contributed by atoms with Crippen LogP contribution in [0.1, 0.15) is 6.42 Å². The van der Waals surface area contributed by atoms with E-state index in [0.29, 0.717) is 25.6 Å². The molecule has 0 fully saturated rings. The molecule has 0 saturated heterocycles. The van der Waals surface area contributed by atoms with E-state index in [1.54, 1.807) is 7.11 Å². The first-order valence-electron chi connectivity index (χ1n) is 5.47. The highest BCUT2D eigenvalue weighted by atomic mass is 19.1. The van der Waals surface area contributed by atoms with Crippen LogP contribution in [-0.4, -0.2) is 32.8 Å². The van der Waals surface area contributed by atoms with Crippen LogP contribution in [-0.2, 0) is 9.53 Å². The lowest BCUT2D eigenvalue weighted by Crippen LogP contribution is -2.30. The van der Waals surface area contributed by atoms with E-state index in [2.05, 4.69) is 5.32 Å². The smallest absolute Gasteiger partial charge is 0.257 e. The van der Waals surface area contributed by atoms with Crippen LogP contribution in [0.2, 0.25) is 0 Å². The molecule has 0 radical (unpaired) electrons. The molecule has 1 aromatic carbocycles. The standard InChI is InChI=1S/C12H15F2NO3/c1-17-6-2-5-15-12(16)8-18-11-4-3-9(13)7-10(11)14/h3-4,7H,2,5-6,8H2,1H3,(H,15,16). The van der Waals surface area contributed by atoms with Crippen molar-refractivity contribution in [3.05, 3.63) is 29.8 Å². The summed E-state index contributed by atoms with van der Waals surface area (Å²) in [7, 11) is 1.57. The topological polar surface area (TPSA) is 47.6 Å². The number of ether oxygens (including phenoxy) is 2. The van der Waals surface area contributed by atoms with E-state index in [9.17, 15) is 13.6 Å². The van der Waals surface area contributed by atoms with Crippen LogP contribution in [0.3, 0.4) is 0 Å². The van der Waals surface area contributed by atoms with E-state index in [4.69, 9.17) is 9.47 Å².